The third-order valence-electron chi connectivity index (χ3n) is 3.80. The Bertz CT molecular complexity index is 436. The molecule has 18 heavy (non-hydrogen) atoms. The van der Waals surface area contributed by atoms with Crippen LogP contribution in [-0.2, 0) is 11.2 Å². The lowest BCUT2D eigenvalue weighted by Gasteiger charge is -2.41. The zero-order chi connectivity index (χ0) is 13.3. The van der Waals surface area contributed by atoms with Crippen LogP contribution in [0.15, 0.2) is 16.5 Å². The number of furan rings is 1. The predicted molar refractivity (Wildman–Crippen MR) is 68.1 cm³/mol. The molecule has 1 N–H and O–H groups in total. The topological polar surface area (TPSA) is 53.7 Å². The van der Waals surface area contributed by atoms with Crippen molar-refractivity contribution in [3.8, 4) is 0 Å². The molecule has 4 nitrogen and oxygen atoms in total. The first-order valence-corrected chi connectivity index (χ1v) is 6.39. The Balaban J connectivity index is 1.95. The van der Waals surface area contributed by atoms with Crippen molar-refractivity contribution in [3.05, 3.63) is 23.7 Å². The van der Waals surface area contributed by atoms with Crippen molar-refractivity contribution in [1.29, 1.82) is 0 Å². The number of hydrogen-bond donors (Lipinski definition) is 1. The molecule has 1 aromatic rings. The Labute approximate surface area is 108 Å². The van der Waals surface area contributed by atoms with Gasteiger partial charge < -0.3 is 14.4 Å². The highest BCUT2D eigenvalue weighted by Gasteiger charge is 2.35. The molecular formula is C14H21NO3. The second-order valence-corrected chi connectivity index (χ2v) is 5.78. The first-order chi connectivity index (χ1) is 8.38. The Hall–Kier alpha value is -1.29. The SMILES string of the molecule is Cc1ccc(CC(=O)N2CCC(C)(C)C(O)C2)o1. The number of nitrogens with zero attached hydrogens (tertiary/aromatic N) is 1. The second kappa shape index (κ2) is 4.76. The van der Waals surface area contributed by atoms with Crippen molar-refractivity contribution < 1.29 is 14.3 Å². The van der Waals surface area contributed by atoms with Gasteiger partial charge >= 0.3 is 0 Å². The van der Waals surface area contributed by atoms with Crippen LogP contribution in [0.1, 0.15) is 31.8 Å². The number of hydrogen-bond acceptors (Lipinski definition) is 3. The van der Waals surface area contributed by atoms with E-state index in [0.29, 0.717) is 18.8 Å². The van der Waals surface area contributed by atoms with Gasteiger partial charge in [0.2, 0.25) is 5.91 Å². The molecule has 1 aliphatic rings. The van der Waals surface area contributed by atoms with Gasteiger partial charge in [0.1, 0.15) is 11.5 Å². The Morgan fingerprint density at radius 3 is 2.83 bits per heavy atom. The fraction of sp³-hybridized carbons (Fsp3) is 0.643. The number of amides is 1. The van der Waals surface area contributed by atoms with Crippen LogP contribution in [0.2, 0.25) is 0 Å². The molecule has 1 unspecified atom stereocenters. The average Bonchev–Trinajstić information content (AvgIpc) is 2.68. The van der Waals surface area contributed by atoms with Gasteiger partial charge in [-0.05, 0) is 30.9 Å². The summed E-state index contributed by atoms with van der Waals surface area (Å²) in [6.45, 7) is 7.07. The number of carbonyl (C=O) groups excluding carboxylic acids is 1. The molecular weight excluding hydrogens is 230 g/mol. The largest absolute Gasteiger partial charge is 0.466 e. The third kappa shape index (κ3) is 2.75. The van der Waals surface area contributed by atoms with E-state index >= 15 is 0 Å². The molecule has 0 spiro atoms. The number of aliphatic hydroxyl groups excluding tert-OH is 1. The number of piperidine rings is 1. The van der Waals surface area contributed by atoms with Crippen LogP contribution in [0.3, 0.4) is 0 Å². The van der Waals surface area contributed by atoms with Crippen molar-refractivity contribution in [1.82, 2.24) is 4.90 Å². The summed E-state index contributed by atoms with van der Waals surface area (Å²) in [4.78, 5) is 13.8. The quantitative estimate of drug-likeness (QED) is 0.871. The van der Waals surface area contributed by atoms with E-state index < -0.39 is 6.10 Å². The van der Waals surface area contributed by atoms with E-state index in [1.807, 2.05) is 32.9 Å². The molecule has 1 amide bonds. The molecule has 0 bridgehead atoms. The van der Waals surface area contributed by atoms with Crippen molar-refractivity contribution in [2.75, 3.05) is 13.1 Å². The first kappa shape index (κ1) is 13.1. The lowest BCUT2D eigenvalue weighted by molar-refractivity contribution is -0.137. The highest BCUT2D eigenvalue weighted by Crippen LogP contribution is 2.30. The maximum Gasteiger partial charge on any atom is 0.230 e. The van der Waals surface area contributed by atoms with Crippen molar-refractivity contribution in [2.24, 2.45) is 5.41 Å². The zero-order valence-electron chi connectivity index (χ0n) is 11.3. The van der Waals surface area contributed by atoms with Crippen LogP contribution in [0, 0.1) is 12.3 Å². The highest BCUT2D eigenvalue weighted by molar-refractivity contribution is 5.78. The monoisotopic (exact) mass is 251 g/mol. The van der Waals surface area contributed by atoms with Gasteiger partial charge in [-0.25, -0.2) is 0 Å². The Morgan fingerprint density at radius 2 is 2.28 bits per heavy atom. The van der Waals surface area contributed by atoms with Gasteiger partial charge in [-0.2, -0.15) is 0 Å². The number of aryl methyl sites for hydroxylation is 1. The maximum atomic E-state index is 12.1. The van der Waals surface area contributed by atoms with Gasteiger partial charge in [0.25, 0.3) is 0 Å². The fourth-order valence-electron chi connectivity index (χ4n) is 2.20. The molecule has 1 fully saturated rings. The standard InChI is InChI=1S/C14H21NO3/c1-10-4-5-11(18-10)8-13(17)15-7-6-14(2,3)12(16)9-15/h4-5,12,16H,6-9H2,1-3H3. The van der Waals surface area contributed by atoms with Crippen LogP contribution in [0.25, 0.3) is 0 Å². The molecule has 1 saturated heterocycles. The number of aliphatic hydroxyl groups is 1. The minimum Gasteiger partial charge on any atom is -0.466 e. The zero-order valence-corrected chi connectivity index (χ0v) is 11.3. The summed E-state index contributed by atoms with van der Waals surface area (Å²) in [5, 5.41) is 10.0. The van der Waals surface area contributed by atoms with Crippen LogP contribution >= 0.6 is 0 Å². The van der Waals surface area contributed by atoms with Crippen molar-refractivity contribution in [2.45, 2.75) is 39.7 Å². The predicted octanol–water partition coefficient (Wildman–Crippen LogP) is 1.75. The summed E-state index contributed by atoms with van der Waals surface area (Å²) in [6, 6.07) is 3.69. The van der Waals surface area contributed by atoms with E-state index in [-0.39, 0.29) is 17.7 Å². The second-order valence-electron chi connectivity index (χ2n) is 5.78. The number of β-amino-alcohol motifs (C(OH)–C–C–N with tert-alkyl or cyclic N) is 1. The Morgan fingerprint density at radius 1 is 1.56 bits per heavy atom. The minimum atomic E-state index is -0.450. The molecule has 0 aliphatic carbocycles. The lowest BCUT2D eigenvalue weighted by Crippen LogP contribution is -2.50. The molecule has 1 aromatic heterocycles. The molecule has 1 atom stereocenters. The molecule has 0 saturated carbocycles. The van der Waals surface area contributed by atoms with Gasteiger partial charge in [0.15, 0.2) is 0 Å². The molecule has 0 aromatic carbocycles. The summed E-state index contributed by atoms with van der Waals surface area (Å²) in [5.74, 6) is 1.54. The van der Waals surface area contributed by atoms with E-state index in [1.54, 1.807) is 4.90 Å². The summed E-state index contributed by atoms with van der Waals surface area (Å²) in [7, 11) is 0. The van der Waals surface area contributed by atoms with Gasteiger partial charge in [0.05, 0.1) is 12.5 Å². The fourth-order valence-corrected chi connectivity index (χ4v) is 2.20. The molecule has 100 valence electrons. The average molecular weight is 251 g/mol. The van der Waals surface area contributed by atoms with Crippen LogP contribution in [0.4, 0.5) is 0 Å². The van der Waals surface area contributed by atoms with E-state index in [0.717, 1.165) is 12.2 Å². The van der Waals surface area contributed by atoms with Crippen molar-refractivity contribution in [3.63, 3.8) is 0 Å². The van der Waals surface area contributed by atoms with Gasteiger partial charge in [-0.1, -0.05) is 13.8 Å². The molecule has 4 heteroatoms. The van der Waals surface area contributed by atoms with Crippen LogP contribution in [-0.4, -0.2) is 35.1 Å². The van der Waals surface area contributed by atoms with E-state index in [1.165, 1.54) is 0 Å². The maximum absolute atomic E-state index is 12.1. The normalized spacial score (nSPS) is 23.1. The van der Waals surface area contributed by atoms with E-state index in [4.69, 9.17) is 4.42 Å². The number of rotatable bonds is 2. The van der Waals surface area contributed by atoms with Crippen LogP contribution < -0.4 is 0 Å². The summed E-state index contributed by atoms with van der Waals surface area (Å²) < 4.78 is 5.40. The first-order valence-electron chi connectivity index (χ1n) is 6.39. The van der Waals surface area contributed by atoms with Gasteiger partial charge in [-0.3, -0.25) is 4.79 Å². The number of carbonyl (C=O) groups is 1. The molecule has 2 rings (SSSR count). The molecule has 1 aliphatic heterocycles. The molecule has 0 radical (unpaired) electrons. The van der Waals surface area contributed by atoms with Crippen LogP contribution in [0.5, 0.6) is 0 Å². The summed E-state index contributed by atoms with van der Waals surface area (Å²) in [5.41, 5.74) is -0.0992. The van der Waals surface area contributed by atoms with Crippen molar-refractivity contribution >= 4 is 5.91 Å². The minimum absolute atomic E-state index is 0.0268. The highest BCUT2D eigenvalue weighted by atomic mass is 16.3. The van der Waals surface area contributed by atoms with E-state index in [9.17, 15) is 9.90 Å². The summed E-state index contributed by atoms with van der Waals surface area (Å²) in [6.07, 6.45) is 0.659. The van der Waals surface area contributed by atoms with Gasteiger partial charge in [0, 0.05) is 13.1 Å². The summed E-state index contributed by atoms with van der Waals surface area (Å²) >= 11 is 0. The van der Waals surface area contributed by atoms with E-state index in [2.05, 4.69) is 0 Å². The Kier molecular flexibility index (Phi) is 3.48. The third-order valence-corrected chi connectivity index (χ3v) is 3.80. The number of likely N-dealkylation sites (tertiary alicyclic amines) is 1. The molecule has 2 heterocycles. The smallest absolute Gasteiger partial charge is 0.230 e. The van der Waals surface area contributed by atoms with Gasteiger partial charge in [-0.15, -0.1) is 0 Å². The lowest BCUT2D eigenvalue weighted by atomic mass is 9.80.